The van der Waals surface area contributed by atoms with Gasteiger partial charge < -0.3 is 20.4 Å². The number of hydrogen-bond donors (Lipinski definition) is 4. The first kappa shape index (κ1) is 48.7. The lowest BCUT2D eigenvalue weighted by Gasteiger charge is -2.26. The van der Waals surface area contributed by atoms with Crippen molar-refractivity contribution in [1.82, 2.24) is 0 Å². The zero-order chi connectivity index (χ0) is 40.2. The fourth-order valence-electron chi connectivity index (χ4n) is 4.65. The molecule has 0 radical (unpaired) electrons. The summed E-state index contributed by atoms with van der Waals surface area (Å²) in [5.41, 5.74) is 3.33. The molecule has 0 saturated carbocycles. The lowest BCUT2D eigenvalue weighted by molar-refractivity contribution is 0.0620. The predicted octanol–water partition coefficient (Wildman–Crippen LogP) is 14.1. The van der Waals surface area contributed by atoms with E-state index in [1.165, 1.54) is 0 Å². The maximum atomic E-state index is 10.0. The van der Waals surface area contributed by atoms with E-state index < -0.39 is 24.4 Å². The van der Waals surface area contributed by atoms with Gasteiger partial charge in [-0.15, -0.1) is 0 Å². The normalized spacial score (nSPS) is 14.2. The molecule has 0 saturated heterocycles. The Hall–Kier alpha value is -1.36. The Bertz CT molecular complexity index is 1400. The molecule has 0 aliphatic heterocycles. The van der Waals surface area contributed by atoms with Gasteiger partial charge in [0.25, 0.3) is 0 Å². The first-order valence-electron chi connectivity index (χ1n) is 17.4. The highest BCUT2D eigenvalue weighted by atomic mass is 79.9. The molecule has 288 valence electrons. The minimum Gasteiger partial charge on any atom is -0.388 e. The summed E-state index contributed by atoms with van der Waals surface area (Å²) in [4.78, 5) is 0. The van der Waals surface area contributed by atoms with Gasteiger partial charge in [0.05, 0.1) is 24.4 Å². The van der Waals surface area contributed by atoms with Crippen molar-refractivity contribution >= 4 is 63.7 Å². The van der Waals surface area contributed by atoms with Crippen LogP contribution in [0.4, 0.5) is 0 Å². The Kier molecular flexibility index (Phi) is 19.7. The van der Waals surface area contributed by atoms with E-state index in [4.69, 9.17) is 0 Å². The highest BCUT2D eigenvalue weighted by Gasteiger charge is 2.27. The second kappa shape index (κ2) is 21.1. The van der Waals surface area contributed by atoms with Crippen molar-refractivity contribution in [1.29, 1.82) is 0 Å². The molecule has 0 spiro atoms. The molecule has 4 aromatic rings. The van der Waals surface area contributed by atoms with Gasteiger partial charge in [-0.2, -0.15) is 0 Å². The molecule has 4 nitrogen and oxygen atoms in total. The Morgan fingerprint density at radius 3 is 0.558 bits per heavy atom. The lowest BCUT2D eigenvalue weighted by atomic mass is 9.85. The molecule has 0 heterocycles. The molecule has 0 aliphatic rings. The Labute approximate surface area is 348 Å². The summed E-state index contributed by atoms with van der Waals surface area (Å²) in [5, 5.41) is 40.0. The molecule has 0 bridgehead atoms. The zero-order valence-electron chi connectivity index (χ0n) is 32.8. The molecule has 0 aromatic heterocycles. The minimum absolute atomic E-state index is 0.121. The molecule has 0 amide bonds. The van der Waals surface area contributed by atoms with Crippen molar-refractivity contribution in [2.75, 3.05) is 0 Å². The number of halogens is 4. The third-order valence-corrected chi connectivity index (χ3v) is 11.0. The first-order chi connectivity index (χ1) is 23.7. The van der Waals surface area contributed by atoms with Crippen LogP contribution in [0.3, 0.4) is 0 Å². The summed E-state index contributed by atoms with van der Waals surface area (Å²) in [6, 6.07) is 31.1. The molecular formula is C44H60Br4O4. The van der Waals surface area contributed by atoms with E-state index in [9.17, 15) is 20.4 Å². The van der Waals surface area contributed by atoms with E-state index in [1.807, 2.05) is 180 Å². The Balaban J connectivity index is 0.000000347. The highest BCUT2D eigenvalue weighted by molar-refractivity contribution is 9.11. The van der Waals surface area contributed by atoms with Gasteiger partial charge in [0, 0.05) is 17.9 Å². The third kappa shape index (κ3) is 16.2. The van der Waals surface area contributed by atoms with Gasteiger partial charge in [-0.05, 0) is 68.2 Å². The van der Waals surface area contributed by atoms with Gasteiger partial charge >= 0.3 is 0 Å². The van der Waals surface area contributed by atoms with E-state index >= 15 is 0 Å². The maximum absolute atomic E-state index is 10.0. The summed E-state index contributed by atoms with van der Waals surface area (Å²) in [6.07, 6.45) is -1.71. The molecular weight excluding hydrogens is 912 g/mol. The molecule has 0 unspecified atom stereocenters. The van der Waals surface area contributed by atoms with Crippen molar-refractivity contribution in [3.8, 4) is 0 Å². The average Bonchev–Trinajstić information content (AvgIpc) is 3.04. The zero-order valence-corrected chi connectivity index (χ0v) is 39.2. The van der Waals surface area contributed by atoms with Crippen molar-refractivity contribution in [3.05, 3.63) is 137 Å². The van der Waals surface area contributed by atoms with Crippen LogP contribution >= 0.6 is 63.7 Å². The van der Waals surface area contributed by atoms with Crippen molar-refractivity contribution in [2.24, 2.45) is 21.7 Å². The van der Waals surface area contributed by atoms with Crippen LogP contribution < -0.4 is 0 Å². The number of benzene rings is 4. The van der Waals surface area contributed by atoms with Gasteiger partial charge in [0.15, 0.2) is 0 Å². The van der Waals surface area contributed by atoms with Crippen LogP contribution in [-0.4, -0.2) is 20.4 Å². The van der Waals surface area contributed by atoms with Crippen LogP contribution in [0, 0.1) is 21.7 Å². The third-order valence-electron chi connectivity index (χ3n) is 8.08. The second-order valence-corrected chi connectivity index (χ2v) is 20.6. The SMILES string of the molecule is CC(C)(C)[C@H](O)c1ccccc1Br.CC(C)(C)[C@H](O)c1ccccc1Br.CC(C)(C)[C@H](O)c1ccccc1Br.CC(C)(C)[C@H](O)c1ccccc1Br. The van der Waals surface area contributed by atoms with Gasteiger partial charge in [0.1, 0.15) is 0 Å². The predicted molar refractivity (Wildman–Crippen MR) is 234 cm³/mol. The highest BCUT2D eigenvalue weighted by Crippen LogP contribution is 2.38. The standard InChI is InChI=1S/4C11H15BrO/c4*1-11(2,3)10(13)8-6-4-5-7-9(8)12/h4*4-7,10,13H,1-3H3/t4*10-/m1111/s1. The fourth-order valence-corrected chi connectivity index (χ4v) is 6.66. The second-order valence-electron chi connectivity index (χ2n) is 17.2. The monoisotopic (exact) mass is 968 g/mol. The quantitative estimate of drug-likeness (QED) is 0.164. The molecule has 4 rings (SSSR count). The Morgan fingerprint density at radius 2 is 0.442 bits per heavy atom. The maximum Gasteiger partial charge on any atom is 0.0849 e. The number of aliphatic hydroxyl groups is 4. The molecule has 4 aromatic carbocycles. The summed E-state index contributed by atoms with van der Waals surface area (Å²) >= 11 is 13.7. The number of rotatable bonds is 4. The number of hydrogen-bond acceptors (Lipinski definition) is 4. The average molecular weight is 973 g/mol. The van der Waals surface area contributed by atoms with Crippen LogP contribution in [0.15, 0.2) is 115 Å². The molecule has 0 aliphatic carbocycles. The molecule has 4 N–H and O–H groups in total. The van der Waals surface area contributed by atoms with Crippen LogP contribution in [0.1, 0.15) is 130 Å². The summed E-state index contributed by atoms with van der Waals surface area (Å²) < 4.78 is 3.88. The van der Waals surface area contributed by atoms with E-state index in [-0.39, 0.29) is 21.7 Å². The van der Waals surface area contributed by atoms with Gasteiger partial charge in [-0.25, -0.2) is 0 Å². The molecule has 4 atom stereocenters. The lowest BCUT2D eigenvalue weighted by Crippen LogP contribution is -2.18. The largest absolute Gasteiger partial charge is 0.388 e. The summed E-state index contributed by atoms with van der Waals surface area (Å²) in [6.45, 7) is 24.3. The van der Waals surface area contributed by atoms with Crippen molar-refractivity contribution < 1.29 is 20.4 Å². The summed E-state index contributed by atoms with van der Waals surface area (Å²) in [7, 11) is 0. The van der Waals surface area contributed by atoms with E-state index in [1.54, 1.807) is 0 Å². The van der Waals surface area contributed by atoms with Gasteiger partial charge in [-0.3, -0.25) is 0 Å². The number of aliphatic hydroxyl groups excluding tert-OH is 4. The van der Waals surface area contributed by atoms with E-state index in [2.05, 4.69) is 63.7 Å². The first-order valence-corrected chi connectivity index (χ1v) is 20.6. The van der Waals surface area contributed by atoms with Gasteiger partial charge in [-0.1, -0.05) is 220 Å². The molecule has 0 fully saturated rings. The molecule has 52 heavy (non-hydrogen) atoms. The van der Waals surface area contributed by atoms with Crippen LogP contribution in [0.25, 0.3) is 0 Å². The van der Waals surface area contributed by atoms with Crippen LogP contribution in [0.5, 0.6) is 0 Å². The van der Waals surface area contributed by atoms with Crippen LogP contribution in [-0.2, 0) is 0 Å². The Morgan fingerprint density at radius 1 is 0.308 bits per heavy atom. The minimum atomic E-state index is -0.428. The van der Waals surface area contributed by atoms with E-state index in [0.29, 0.717) is 0 Å². The van der Waals surface area contributed by atoms with Gasteiger partial charge in [0.2, 0.25) is 0 Å². The summed E-state index contributed by atoms with van der Waals surface area (Å²) in [5.74, 6) is 0. The van der Waals surface area contributed by atoms with E-state index in [0.717, 1.165) is 40.1 Å². The molecule has 8 heteroatoms. The smallest absolute Gasteiger partial charge is 0.0849 e. The van der Waals surface area contributed by atoms with Crippen molar-refractivity contribution in [3.63, 3.8) is 0 Å². The topological polar surface area (TPSA) is 80.9 Å². The van der Waals surface area contributed by atoms with Crippen molar-refractivity contribution in [2.45, 2.75) is 108 Å². The fraction of sp³-hybridized carbons (Fsp3) is 0.455. The van der Waals surface area contributed by atoms with Crippen LogP contribution in [0.2, 0.25) is 0 Å².